The van der Waals surface area contributed by atoms with E-state index in [0.29, 0.717) is 11.5 Å². The molecule has 1 amide bonds. The third kappa shape index (κ3) is 5.62. The third-order valence-corrected chi connectivity index (χ3v) is 4.55. The van der Waals surface area contributed by atoms with Gasteiger partial charge in [-0.1, -0.05) is 0 Å². The van der Waals surface area contributed by atoms with E-state index in [4.69, 9.17) is 5.11 Å². The summed E-state index contributed by atoms with van der Waals surface area (Å²) >= 11 is 0. The maximum atomic E-state index is 11.8. The van der Waals surface area contributed by atoms with E-state index in [9.17, 15) is 13.8 Å². The Morgan fingerprint density at radius 2 is 2.00 bits per heavy atom. The van der Waals surface area contributed by atoms with Gasteiger partial charge in [0.1, 0.15) is 0 Å². The minimum atomic E-state index is -1.10. The molecule has 18 heavy (non-hydrogen) atoms. The molecule has 1 fully saturated rings. The SMILES string of the molecule is CC(C)NC(=O)CCS(=O)CC1(CC(=O)O)CC1. The lowest BCUT2D eigenvalue weighted by Crippen LogP contribution is -2.31. The summed E-state index contributed by atoms with van der Waals surface area (Å²) in [7, 11) is -1.10. The van der Waals surface area contributed by atoms with Gasteiger partial charge < -0.3 is 10.4 Å². The normalized spacial score (nSPS) is 18.4. The van der Waals surface area contributed by atoms with E-state index in [1.165, 1.54) is 0 Å². The Kier molecular flexibility index (Phi) is 5.31. The first kappa shape index (κ1) is 15.1. The van der Waals surface area contributed by atoms with Crippen LogP contribution in [0.15, 0.2) is 0 Å². The molecule has 1 atom stereocenters. The molecular weight excluding hydrogens is 254 g/mol. The van der Waals surface area contributed by atoms with Crippen molar-refractivity contribution in [2.45, 2.75) is 45.6 Å². The number of hydrogen-bond donors (Lipinski definition) is 2. The van der Waals surface area contributed by atoms with Crippen molar-refractivity contribution in [1.29, 1.82) is 0 Å². The molecule has 104 valence electrons. The lowest BCUT2D eigenvalue weighted by Gasteiger charge is -2.12. The van der Waals surface area contributed by atoms with E-state index in [0.717, 1.165) is 12.8 Å². The number of carbonyl (C=O) groups is 2. The predicted molar refractivity (Wildman–Crippen MR) is 69.7 cm³/mol. The Labute approximate surface area is 110 Å². The number of carboxylic acids is 1. The zero-order valence-electron chi connectivity index (χ0n) is 10.9. The molecule has 0 aromatic carbocycles. The van der Waals surface area contributed by atoms with Crippen LogP contribution in [0.25, 0.3) is 0 Å². The quantitative estimate of drug-likeness (QED) is 0.689. The van der Waals surface area contributed by atoms with Crippen molar-refractivity contribution in [3.8, 4) is 0 Å². The molecule has 2 N–H and O–H groups in total. The molecule has 1 unspecified atom stereocenters. The first-order chi connectivity index (χ1) is 8.33. The molecule has 1 aliphatic carbocycles. The lowest BCUT2D eigenvalue weighted by atomic mass is 10.1. The average molecular weight is 275 g/mol. The zero-order chi connectivity index (χ0) is 13.8. The van der Waals surface area contributed by atoms with Crippen LogP contribution in [0.3, 0.4) is 0 Å². The molecule has 0 heterocycles. The zero-order valence-corrected chi connectivity index (χ0v) is 11.7. The number of amides is 1. The number of hydrogen-bond acceptors (Lipinski definition) is 3. The second kappa shape index (κ2) is 6.31. The number of nitrogens with one attached hydrogen (secondary N) is 1. The molecule has 0 bridgehead atoms. The highest BCUT2D eigenvalue weighted by Crippen LogP contribution is 2.49. The summed E-state index contributed by atoms with van der Waals surface area (Å²) in [6.45, 7) is 3.75. The van der Waals surface area contributed by atoms with E-state index < -0.39 is 16.8 Å². The van der Waals surface area contributed by atoms with Gasteiger partial charge in [-0.15, -0.1) is 0 Å². The Bertz CT molecular complexity index is 350. The van der Waals surface area contributed by atoms with Crippen molar-refractivity contribution >= 4 is 22.7 Å². The van der Waals surface area contributed by atoms with Gasteiger partial charge in [0.25, 0.3) is 0 Å². The van der Waals surface area contributed by atoms with Gasteiger partial charge in [0.15, 0.2) is 0 Å². The summed E-state index contributed by atoms with van der Waals surface area (Å²) in [6.07, 6.45) is 2.01. The Hall–Kier alpha value is -0.910. The molecule has 0 aromatic rings. The fourth-order valence-corrected chi connectivity index (χ4v) is 3.52. The molecule has 0 radical (unpaired) electrons. The second-order valence-corrected chi connectivity index (χ2v) is 6.91. The largest absolute Gasteiger partial charge is 0.481 e. The van der Waals surface area contributed by atoms with Gasteiger partial charge in [-0.05, 0) is 32.1 Å². The highest BCUT2D eigenvalue weighted by molar-refractivity contribution is 7.85. The first-order valence-electron chi connectivity index (χ1n) is 6.19. The molecule has 5 nitrogen and oxygen atoms in total. The maximum Gasteiger partial charge on any atom is 0.303 e. The highest BCUT2D eigenvalue weighted by Gasteiger charge is 2.45. The van der Waals surface area contributed by atoms with Gasteiger partial charge in [-0.25, -0.2) is 0 Å². The van der Waals surface area contributed by atoms with E-state index in [2.05, 4.69) is 5.32 Å². The Morgan fingerprint density at radius 1 is 1.39 bits per heavy atom. The molecular formula is C12H21NO4S. The topological polar surface area (TPSA) is 83.5 Å². The predicted octanol–water partition coefficient (Wildman–Crippen LogP) is 0.905. The average Bonchev–Trinajstić information content (AvgIpc) is 2.92. The molecule has 0 spiro atoms. The Balaban J connectivity index is 2.26. The van der Waals surface area contributed by atoms with E-state index >= 15 is 0 Å². The van der Waals surface area contributed by atoms with E-state index in [-0.39, 0.29) is 30.2 Å². The fraction of sp³-hybridized carbons (Fsp3) is 0.833. The smallest absolute Gasteiger partial charge is 0.303 e. The molecule has 6 heteroatoms. The van der Waals surface area contributed by atoms with Crippen LogP contribution in [0.1, 0.15) is 39.5 Å². The van der Waals surface area contributed by atoms with Crippen molar-refractivity contribution in [2.24, 2.45) is 5.41 Å². The van der Waals surface area contributed by atoms with Crippen LogP contribution in [-0.4, -0.2) is 38.7 Å². The first-order valence-corrected chi connectivity index (χ1v) is 7.68. The third-order valence-electron chi connectivity index (χ3n) is 2.96. The summed E-state index contributed by atoms with van der Waals surface area (Å²) in [5, 5.41) is 11.5. The molecule has 0 saturated heterocycles. The second-order valence-electron chi connectivity index (χ2n) is 5.33. The minimum Gasteiger partial charge on any atom is -0.481 e. The maximum absolute atomic E-state index is 11.8. The number of carbonyl (C=O) groups excluding carboxylic acids is 1. The van der Waals surface area contributed by atoms with Gasteiger partial charge in [0.2, 0.25) is 5.91 Å². The fourth-order valence-electron chi connectivity index (χ4n) is 1.88. The van der Waals surface area contributed by atoms with Crippen LogP contribution in [0.4, 0.5) is 0 Å². The van der Waals surface area contributed by atoms with Crippen LogP contribution in [0.5, 0.6) is 0 Å². The van der Waals surface area contributed by atoms with Gasteiger partial charge in [-0.2, -0.15) is 0 Å². The van der Waals surface area contributed by atoms with Crippen molar-refractivity contribution in [3.05, 3.63) is 0 Å². The van der Waals surface area contributed by atoms with Gasteiger partial charge in [0, 0.05) is 34.8 Å². The summed E-state index contributed by atoms with van der Waals surface area (Å²) in [6, 6.07) is 0.0905. The Morgan fingerprint density at radius 3 is 2.44 bits per heavy atom. The summed E-state index contributed by atoms with van der Waals surface area (Å²) in [5.74, 6) is -0.197. The van der Waals surface area contributed by atoms with E-state index in [1.54, 1.807) is 0 Å². The van der Waals surface area contributed by atoms with Crippen LogP contribution in [-0.2, 0) is 20.4 Å². The molecule has 0 aliphatic heterocycles. The van der Waals surface area contributed by atoms with Crippen molar-refractivity contribution in [2.75, 3.05) is 11.5 Å². The summed E-state index contributed by atoms with van der Waals surface area (Å²) in [4.78, 5) is 22.0. The molecule has 1 rings (SSSR count). The molecule has 1 saturated carbocycles. The molecule has 1 aliphatic rings. The van der Waals surface area contributed by atoms with Crippen molar-refractivity contribution in [1.82, 2.24) is 5.32 Å². The van der Waals surface area contributed by atoms with Crippen LogP contribution in [0, 0.1) is 5.41 Å². The number of carboxylic acid groups (broad SMARTS) is 1. The van der Waals surface area contributed by atoms with Crippen LogP contribution >= 0.6 is 0 Å². The van der Waals surface area contributed by atoms with Crippen LogP contribution < -0.4 is 5.32 Å². The lowest BCUT2D eigenvalue weighted by molar-refractivity contribution is -0.138. The minimum absolute atomic E-state index is 0.0905. The monoisotopic (exact) mass is 275 g/mol. The number of aliphatic carboxylic acids is 1. The van der Waals surface area contributed by atoms with Gasteiger partial charge >= 0.3 is 5.97 Å². The highest BCUT2D eigenvalue weighted by atomic mass is 32.2. The van der Waals surface area contributed by atoms with Crippen molar-refractivity contribution < 1.29 is 18.9 Å². The summed E-state index contributed by atoms with van der Waals surface area (Å²) < 4.78 is 11.8. The van der Waals surface area contributed by atoms with Crippen molar-refractivity contribution in [3.63, 3.8) is 0 Å². The van der Waals surface area contributed by atoms with E-state index in [1.807, 2.05) is 13.8 Å². The van der Waals surface area contributed by atoms with Gasteiger partial charge in [0.05, 0.1) is 6.42 Å². The summed E-state index contributed by atoms with van der Waals surface area (Å²) in [5.41, 5.74) is -0.259. The van der Waals surface area contributed by atoms with Crippen LogP contribution in [0.2, 0.25) is 0 Å². The standard InChI is InChI=1S/C12H21NO4S/c1-9(2)13-10(14)3-6-18(17)8-12(4-5-12)7-11(15)16/h9H,3-8H2,1-2H3,(H,13,14)(H,15,16). The number of rotatable bonds is 8. The van der Waals surface area contributed by atoms with Gasteiger partial charge in [-0.3, -0.25) is 13.8 Å². The molecule has 0 aromatic heterocycles.